The Labute approximate surface area is 163 Å². The molecule has 0 fully saturated rings. The van der Waals surface area contributed by atoms with E-state index in [-0.39, 0.29) is 0 Å². The molecule has 4 rings (SSSR count). The molecule has 0 spiro atoms. The SMILES string of the molecule is CC(C)c1csc(S(N)(=O)=NC(=O)Nc2c3c(nc4c2CCC4)CCC3)c1. The predicted molar refractivity (Wildman–Crippen MR) is 109 cm³/mol. The maximum atomic E-state index is 12.8. The van der Waals surface area contributed by atoms with Crippen LogP contribution in [0.3, 0.4) is 0 Å². The summed E-state index contributed by atoms with van der Waals surface area (Å²) in [6.45, 7) is 4.11. The zero-order chi connectivity index (χ0) is 19.2. The number of carbonyl (C=O) groups is 1. The second-order valence-electron chi connectivity index (χ2n) is 7.49. The number of nitrogens with one attached hydrogen (secondary N) is 1. The van der Waals surface area contributed by atoms with Crippen LogP contribution >= 0.6 is 11.3 Å². The smallest absolute Gasteiger partial charge is 0.305 e. The van der Waals surface area contributed by atoms with Crippen LogP contribution in [0.2, 0.25) is 0 Å². The Kier molecular flexibility index (Phi) is 4.82. The first-order valence-corrected chi connectivity index (χ1v) is 11.8. The zero-order valence-electron chi connectivity index (χ0n) is 15.6. The third-order valence-corrected chi connectivity index (χ3v) is 8.13. The van der Waals surface area contributed by atoms with Gasteiger partial charge < -0.3 is 5.32 Å². The number of hydrogen-bond acceptors (Lipinski definition) is 4. The maximum Gasteiger partial charge on any atom is 0.354 e. The molecule has 6 nitrogen and oxygen atoms in total. The molecule has 0 saturated carbocycles. The van der Waals surface area contributed by atoms with E-state index in [1.165, 1.54) is 11.3 Å². The number of nitrogens with zero attached hydrogens (tertiary/aromatic N) is 2. The van der Waals surface area contributed by atoms with Crippen molar-refractivity contribution in [3.8, 4) is 0 Å². The Hall–Kier alpha value is -1.77. The van der Waals surface area contributed by atoms with E-state index in [0.717, 1.165) is 72.3 Å². The van der Waals surface area contributed by atoms with Gasteiger partial charge in [-0.15, -0.1) is 15.7 Å². The summed E-state index contributed by atoms with van der Waals surface area (Å²) < 4.78 is 17.1. The lowest BCUT2D eigenvalue weighted by Crippen LogP contribution is -2.18. The van der Waals surface area contributed by atoms with E-state index in [9.17, 15) is 9.00 Å². The second-order valence-corrected chi connectivity index (χ2v) is 10.4. The van der Waals surface area contributed by atoms with Crippen LogP contribution in [-0.4, -0.2) is 15.2 Å². The van der Waals surface area contributed by atoms with Crippen molar-refractivity contribution in [1.82, 2.24) is 4.98 Å². The van der Waals surface area contributed by atoms with Gasteiger partial charge in [-0.1, -0.05) is 13.8 Å². The molecule has 144 valence electrons. The van der Waals surface area contributed by atoms with E-state index in [0.29, 0.717) is 10.1 Å². The van der Waals surface area contributed by atoms with Crippen molar-refractivity contribution in [3.05, 3.63) is 39.5 Å². The highest BCUT2D eigenvalue weighted by atomic mass is 32.2. The quantitative estimate of drug-likeness (QED) is 0.803. The van der Waals surface area contributed by atoms with Gasteiger partial charge in [0.25, 0.3) is 0 Å². The number of aromatic nitrogens is 1. The molecule has 27 heavy (non-hydrogen) atoms. The highest BCUT2D eigenvalue weighted by Gasteiger charge is 2.26. The molecule has 2 aromatic rings. The summed E-state index contributed by atoms with van der Waals surface area (Å²) in [5.41, 5.74) is 6.27. The molecular weight excluding hydrogens is 380 g/mol. The molecule has 3 N–H and O–H groups in total. The van der Waals surface area contributed by atoms with E-state index < -0.39 is 15.9 Å². The molecule has 2 aliphatic carbocycles. The van der Waals surface area contributed by atoms with Gasteiger partial charge in [0.1, 0.15) is 4.21 Å². The minimum absolute atomic E-state index is 0.307. The van der Waals surface area contributed by atoms with E-state index in [2.05, 4.69) is 23.5 Å². The first-order valence-electron chi connectivity index (χ1n) is 9.33. The average molecular weight is 405 g/mol. The Balaban J connectivity index is 1.65. The van der Waals surface area contributed by atoms with Gasteiger partial charge >= 0.3 is 6.03 Å². The molecule has 0 radical (unpaired) electrons. The van der Waals surface area contributed by atoms with Gasteiger partial charge in [0.2, 0.25) is 0 Å². The molecule has 8 heteroatoms. The Morgan fingerprint density at radius 3 is 2.41 bits per heavy atom. The molecule has 2 aromatic heterocycles. The summed E-state index contributed by atoms with van der Waals surface area (Å²) in [5.74, 6) is 0.307. The number of fused-ring (bicyclic) bond motifs is 2. The second kappa shape index (κ2) is 7.00. The van der Waals surface area contributed by atoms with Crippen molar-refractivity contribution in [2.45, 2.75) is 62.5 Å². The van der Waals surface area contributed by atoms with Crippen molar-refractivity contribution in [3.63, 3.8) is 0 Å². The van der Waals surface area contributed by atoms with Crippen molar-refractivity contribution < 1.29 is 9.00 Å². The number of rotatable bonds is 3. The van der Waals surface area contributed by atoms with Gasteiger partial charge in [0.15, 0.2) is 9.92 Å². The predicted octanol–water partition coefficient (Wildman–Crippen LogP) is 4.18. The molecule has 1 atom stereocenters. The molecule has 1 unspecified atom stereocenters. The lowest BCUT2D eigenvalue weighted by Gasteiger charge is -2.14. The van der Waals surface area contributed by atoms with Crippen molar-refractivity contribution in [1.29, 1.82) is 0 Å². The molecule has 2 amide bonds. The van der Waals surface area contributed by atoms with Crippen LogP contribution in [0, 0.1) is 0 Å². The fraction of sp³-hybridized carbons (Fsp3) is 0.474. The molecule has 0 aliphatic heterocycles. The average Bonchev–Trinajstić information content (AvgIpc) is 3.34. The lowest BCUT2D eigenvalue weighted by molar-refractivity contribution is 0.260. The Morgan fingerprint density at radius 1 is 1.22 bits per heavy atom. The van der Waals surface area contributed by atoms with Crippen LogP contribution in [0.25, 0.3) is 0 Å². The maximum absolute atomic E-state index is 12.8. The molecular formula is C19H24N4O2S2. The molecule has 2 aliphatic rings. The van der Waals surface area contributed by atoms with E-state index in [4.69, 9.17) is 10.1 Å². The highest BCUT2D eigenvalue weighted by molar-refractivity contribution is 7.93. The normalized spacial score (nSPS) is 17.5. The number of thiophene rings is 1. The summed E-state index contributed by atoms with van der Waals surface area (Å²) >= 11 is 1.29. The van der Waals surface area contributed by atoms with Crippen molar-refractivity contribution in [2.24, 2.45) is 9.50 Å². The fourth-order valence-corrected chi connectivity index (χ4v) is 6.11. The van der Waals surface area contributed by atoms with Crippen LogP contribution in [0.5, 0.6) is 0 Å². The van der Waals surface area contributed by atoms with Crippen LogP contribution in [0.1, 0.15) is 60.7 Å². The van der Waals surface area contributed by atoms with Gasteiger partial charge in [-0.2, -0.15) is 0 Å². The fourth-order valence-electron chi connectivity index (χ4n) is 3.82. The standard InChI is InChI=1S/C19H24N4O2S2/c1-11(2)12-9-17(26-10-12)27(20,25)23-19(24)22-18-13-5-3-7-15(13)21-16-8-4-6-14(16)18/h9-11H,3-8H2,1-2H3,(H3,20,21,22,23,24,25). The van der Waals surface area contributed by atoms with Crippen LogP contribution in [0.15, 0.2) is 20.0 Å². The molecule has 0 bridgehead atoms. The summed E-state index contributed by atoms with van der Waals surface area (Å²) in [7, 11) is -3.25. The Morgan fingerprint density at radius 2 is 1.85 bits per heavy atom. The first-order chi connectivity index (χ1) is 12.8. The van der Waals surface area contributed by atoms with E-state index in [1.807, 2.05) is 5.38 Å². The number of amides is 2. The van der Waals surface area contributed by atoms with Gasteiger partial charge in [-0.05, 0) is 72.6 Å². The number of nitrogens with two attached hydrogens (primary N) is 1. The number of carbonyl (C=O) groups excluding carboxylic acids is 1. The molecule has 0 saturated heterocycles. The number of pyridine rings is 1. The summed E-state index contributed by atoms with van der Waals surface area (Å²) in [6, 6.07) is 1.15. The summed E-state index contributed by atoms with van der Waals surface area (Å²) in [4.78, 5) is 17.4. The monoisotopic (exact) mass is 404 g/mol. The van der Waals surface area contributed by atoms with Crippen molar-refractivity contribution in [2.75, 3.05) is 5.32 Å². The van der Waals surface area contributed by atoms with Gasteiger partial charge in [-0.3, -0.25) is 4.98 Å². The zero-order valence-corrected chi connectivity index (χ0v) is 17.2. The number of hydrogen-bond donors (Lipinski definition) is 2. The van der Waals surface area contributed by atoms with Crippen LogP contribution < -0.4 is 10.5 Å². The summed E-state index contributed by atoms with van der Waals surface area (Å²) in [5, 5.41) is 10.7. The third kappa shape index (κ3) is 3.53. The number of anilines is 1. The largest absolute Gasteiger partial charge is 0.354 e. The van der Waals surface area contributed by atoms with E-state index >= 15 is 0 Å². The minimum atomic E-state index is -3.25. The number of aryl methyl sites for hydroxylation is 2. The Bertz CT molecular complexity index is 1000. The third-order valence-electron chi connectivity index (χ3n) is 5.25. The van der Waals surface area contributed by atoms with Crippen molar-refractivity contribution >= 4 is 33.0 Å². The minimum Gasteiger partial charge on any atom is -0.305 e. The van der Waals surface area contributed by atoms with Crippen LogP contribution in [0.4, 0.5) is 10.5 Å². The van der Waals surface area contributed by atoms with E-state index in [1.54, 1.807) is 6.07 Å². The highest BCUT2D eigenvalue weighted by Crippen LogP contribution is 2.36. The number of urea groups is 1. The van der Waals surface area contributed by atoms with Gasteiger partial charge in [-0.25, -0.2) is 14.1 Å². The van der Waals surface area contributed by atoms with Gasteiger partial charge in [0.05, 0.1) is 5.69 Å². The first kappa shape index (κ1) is 18.6. The van der Waals surface area contributed by atoms with Gasteiger partial charge in [0, 0.05) is 11.4 Å². The topological polar surface area (TPSA) is 97.4 Å². The molecule has 0 aromatic carbocycles. The molecule has 2 heterocycles. The summed E-state index contributed by atoms with van der Waals surface area (Å²) in [6.07, 6.45) is 5.81. The lowest BCUT2D eigenvalue weighted by atomic mass is 10.1. The van der Waals surface area contributed by atoms with Crippen LogP contribution in [-0.2, 0) is 35.6 Å².